The van der Waals surface area contributed by atoms with Crippen LogP contribution < -0.4 is 0 Å². The molecule has 0 aromatic heterocycles. The van der Waals surface area contributed by atoms with Crippen LogP contribution in [-0.2, 0) is 23.7 Å². The molecule has 0 spiro atoms. The number of morpholine rings is 3. The van der Waals surface area contributed by atoms with E-state index in [1.165, 1.54) is 50.8 Å². The average Bonchev–Trinajstić information content (AvgIpc) is 1.59. The van der Waals surface area contributed by atoms with E-state index in [2.05, 4.69) is 150 Å². The first-order chi connectivity index (χ1) is 52.5. The Morgan fingerprint density at radius 3 is 1.24 bits per heavy atom. The molecule has 1 radical (unpaired) electrons. The molecule has 18 nitrogen and oxygen atoms in total. The van der Waals surface area contributed by atoms with Crippen molar-refractivity contribution in [2.75, 3.05) is 106 Å². The SMILES string of the molecule is C.C=C(C)[C@H]1CC[C@@](C)(O)C(N2CCOCC2)C1.C=CCO[C@]1(C)C[C@H]2[C@@H](C[C@H]1O)C2(C)C.CC1(C)C[C@H]2[C@@H](C[C@H]1O)C2(C)C.CC1(C)[C@@H]2C[C@@H](O)[C@](C)(O)C[C@@H]21.CC1(C)[C@@H]2C[C@H](N3CCOCC3)[C@@](C)(O)C[C@@H]21.CO[C@@]1(C(C)C)CC[C@](C)(O)[C@@H](N2CCOCC2)C1.C[C@@H]1C[C@@H]2[C@H](C[C@@]1(C)O)C2(C)C.C[C@H](O)[C@@H](C)N1CCCC1.[Pr]. The van der Waals surface area contributed by atoms with Crippen molar-refractivity contribution in [1.29, 1.82) is 0 Å². The zero-order valence-electron chi connectivity index (χ0n) is 77.9. The molecule has 12 aliphatic carbocycles. The summed E-state index contributed by atoms with van der Waals surface area (Å²) in [5.74, 6) is 9.20. The Kier molecular flexibility index (Phi) is 35.0. The van der Waals surface area contributed by atoms with E-state index >= 15 is 0 Å². The third-order valence-corrected chi connectivity index (χ3v) is 35.4. The first kappa shape index (κ1) is 103. The molecule has 16 aliphatic rings. The Balaban J connectivity index is 0.000000184. The third-order valence-electron chi connectivity index (χ3n) is 35.4. The van der Waals surface area contributed by atoms with Crippen molar-refractivity contribution in [2.45, 2.75) is 377 Å². The summed E-state index contributed by atoms with van der Waals surface area (Å²) in [7, 11) is 1.82. The van der Waals surface area contributed by atoms with Gasteiger partial charge in [0.05, 0.1) is 110 Å². The molecular weight excluding hydrogens is 1590 g/mol. The Morgan fingerprint density at radius 2 is 0.836 bits per heavy atom. The van der Waals surface area contributed by atoms with Gasteiger partial charge in [-0.15, -0.1) is 6.58 Å². The van der Waals surface area contributed by atoms with Gasteiger partial charge in [0, 0.05) is 112 Å². The molecule has 675 valence electrons. The second-order valence-electron chi connectivity index (χ2n) is 45.7. The van der Waals surface area contributed by atoms with Gasteiger partial charge in [-0.3, -0.25) is 19.6 Å². The molecule has 16 fully saturated rings. The fourth-order valence-corrected chi connectivity index (χ4v) is 24.5. The predicted molar refractivity (Wildman–Crippen MR) is 466 cm³/mol. The number of aliphatic hydroxyl groups excluding tert-OH is 4. The molecule has 0 amide bonds. The van der Waals surface area contributed by atoms with Crippen molar-refractivity contribution in [3.63, 3.8) is 0 Å². The van der Waals surface area contributed by atoms with Gasteiger partial charge < -0.3 is 69.6 Å². The zero-order valence-corrected chi connectivity index (χ0v) is 81.6. The fraction of sp³-hybridized carbons (Fsp3) is 0.959. The number of ether oxygens (including phenoxy) is 5. The van der Waals surface area contributed by atoms with Crippen molar-refractivity contribution in [3.8, 4) is 0 Å². The van der Waals surface area contributed by atoms with Crippen LogP contribution in [0.3, 0.4) is 0 Å². The van der Waals surface area contributed by atoms with Crippen LogP contribution in [0.25, 0.3) is 0 Å². The Morgan fingerprint density at radius 1 is 0.457 bits per heavy atom. The van der Waals surface area contributed by atoms with Crippen molar-refractivity contribution in [2.24, 2.45) is 109 Å². The molecule has 9 N–H and O–H groups in total. The molecule has 4 aliphatic heterocycles. The summed E-state index contributed by atoms with van der Waals surface area (Å²) in [6, 6.07) is 1.13. The number of allylic oxidation sites excluding steroid dienone is 1. The van der Waals surface area contributed by atoms with E-state index in [4.69, 9.17) is 23.7 Å². The minimum Gasteiger partial charge on any atom is -0.393 e. The summed E-state index contributed by atoms with van der Waals surface area (Å²) >= 11 is 0. The van der Waals surface area contributed by atoms with Gasteiger partial charge in [-0.25, -0.2) is 0 Å². The van der Waals surface area contributed by atoms with E-state index in [9.17, 15) is 46.0 Å². The van der Waals surface area contributed by atoms with Gasteiger partial charge in [0.1, 0.15) is 0 Å². The van der Waals surface area contributed by atoms with Crippen molar-refractivity contribution in [3.05, 3.63) is 24.8 Å². The van der Waals surface area contributed by atoms with Gasteiger partial charge in [-0.1, -0.05) is 130 Å². The van der Waals surface area contributed by atoms with E-state index < -0.39 is 34.1 Å². The van der Waals surface area contributed by atoms with E-state index in [0.717, 1.165) is 204 Å². The van der Waals surface area contributed by atoms with Crippen LogP contribution in [0.1, 0.15) is 289 Å². The number of aliphatic hydroxyl groups is 9. The van der Waals surface area contributed by atoms with Crippen LogP contribution in [0, 0.1) is 151 Å². The van der Waals surface area contributed by atoms with Crippen LogP contribution in [-0.4, -0.2) is 259 Å². The fourth-order valence-electron chi connectivity index (χ4n) is 24.5. The topological polar surface area (TPSA) is 241 Å². The van der Waals surface area contributed by atoms with Gasteiger partial charge in [0.15, 0.2) is 0 Å². The normalized spacial score (nSPS) is 45.0. The second kappa shape index (κ2) is 39.4. The van der Waals surface area contributed by atoms with Crippen molar-refractivity contribution in [1.82, 2.24) is 19.6 Å². The molecule has 116 heavy (non-hydrogen) atoms. The molecule has 27 atom stereocenters. The molecule has 16 rings (SSSR count). The Labute approximate surface area is 742 Å². The van der Waals surface area contributed by atoms with Crippen LogP contribution in [0.4, 0.5) is 0 Å². The van der Waals surface area contributed by atoms with Gasteiger partial charge >= 0.3 is 0 Å². The number of nitrogens with zero attached hydrogens (tertiary/aromatic N) is 4. The molecular formula is C97H180N4O14Pr. The summed E-state index contributed by atoms with van der Waals surface area (Å²) in [5, 5.41) is 90.8. The van der Waals surface area contributed by atoms with Crippen LogP contribution >= 0.6 is 0 Å². The Bertz CT molecular complexity index is 2960. The van der Waals surface area contributed by atoms with Crippen LogP contribution in [0.15, 0.2) is 24.8 Å². The van der Waals surface area contributed by atoms with Gasteiger partial charge in [0.2, 0.25) is 0 Å². The average molecular weight is 1770 g/mol. The van der Waals surface area contributed by atoms with Crippen molar-refractivity contribution < 1.29 is 111 Å². The standard InChI is InChI=1S/C15H29NO3.2C14H25NO2.C13H22O2.2C11H20O.C10H18O2.C8H17NO.CH4.Pr/c1-12(2)15(18-4)6-5-14(3,17)13(11-15)16-7-9-19-10-8-16;1-13(2)10-8-12(14(3,16)9-11(10)13)15-4-6-17-7-5-15;1-11(2)12-4-5-14(3,16)13(10-12)15-6-8-17-9-7-15;1-5-6-15-13(4)8-10-9(7-11(13)14)12(10,2)3;1-10(2)6-8-7(5-9(10)12)11(8,3)4;1-7-5-8-9(10(8,2)3)6-11(7,4)12;1-9(2)6-4-8(11)10(3,12)5-7(6)9;1-7(8(2)10)9-5-3-4-6-9;;/h12-13,17H,5-11H2,1-4H3;10-12,16H,4-9H2,1-3H3;12-13,16H,1,4-10H2,2-3H3;5,9-11,14H,1,6-8H2,2-4H3;2*7-9,12H,5-6H2,1-4H3;6-8,11-12H,4-5H2,1-3H3;7-8,10H,3-6H2,1-2H3;1H4;/t13-,14-,15-;10-,11+,12+,14+;12-,13?,14+;9-,10+,11-,13-;7-,8+,9-;7-,8-,9+,11-;6-,7+,8-,10-;7-,8+;;/m01011111../s1. The minimum absolute atomic E-state index is 0. The Hall–Kier alpha value is 0.124. The zero-order chi connectivity index (χ0) is 85.1. The van der Waals surface area contributed by atoms with Gasteiger partial charge in [0.25, 0.3) is 0 Å². The third kappa shape index (κ3) is 23.7. The smallest absolute Gasteiger partial charge is 0.0919 e. The number of likely N-dealkylation sites (tertiary alicyclic amines) is 1. The first-order valence-corrected chi connectivity index (χ1v) is 46.0. The molecule has 4 saturated heterocycles. The maximum atomic E-state index is 10.8. The second-order valence-corrected chi connectivity index (χ2v) is 45.7. The maximum Gasteiger partial charge on any atom is 0.0919 e. The minimum atomic E-state index is -0.838. The summed E-state index contributed by atoms with van der Waals surface area (Å²) in [5.41, 5.74) is 0.349. The van der Waals surface area contributed by atoms with E-state index in [0.29, 0.717) is 81.3 Å². The van der Waals surface area contributed by atoms with E-state index in [-0.39, 0.29) is 95.7 Å². The first-order valence-electron chi connectivity index (χ1n) is 46.0. The molecule has 0 aromatic carbocycles. The largest absolute Gasteiger partial charge is 0.393 e. The molecule has 19 heteroatoms. The number of fused-ring (bicyclic) bond motifs is 5. The quantitative estimate of drug-likeness (QED) is 0.0874. The number of rotatable bonds is 11. The van der Waals surface area contributed by atoms with E-state index in [1.54, 1.807) is 13.0 Å². The van der Waals surface area contributed by atoms with Crippen LogP contribution in [0.5, 0.6) is 0 Å². The molecule has 1 unspecified atom stereocenters. The molecule has 0 aromatic rings. The van der Waals surface area contributed by atoms with E-state index in [1.807, 2.05) is 48.7 Å². The summed E-state index contributed by atoms with van der Waals surface area (Å²) < 4.78 is 27.9. The maximum absolute atomic E-state index is 10.8. The monoisotopic (exact) mass is 1770 g/mol. The summed E-state index contributed by atoms with van der Waals surface area (Å²) in [6.07, 6.45) is 19.0. The summed E-state index contributed by atoms with van der Waals surface area (Å²) in [4.78, 5) is 9.59. The number of hydrogen-bond donors (Lipinski definition) is 9. The van der Waals surface area contributed by atoms with Gasteiger partial charge in [-0.2, -0.15) is 0 Å². The number of methoxy groups -OCH3 is 1. The van der Waals surface area contributed by atoms with Gasteiger partial charge in [-0.05, 0) is 300 Å². The van der Waals surface area contributed by atoms with Crippen LogP contribution in [0.2, 0.25) is 0 Å². The molecule has 4 heterocycles. The predicted octanol–water partition coefficient (Wildman–Crippen LogP) is 14.9. The molecule has 0 bridgehead atoms. The van der Waals surface area contributed by atoms with Crippen molar-refractivity contribution >= 4 is 0 Å². The number of hydrogen-bond acceptors (Lipinski definition) is 18. The summed E-state index contributed by atoms with van der Waals surface area (Å²) in [6.45, 7) is 73.1. The molecule has 12 saturated carbocycles.